The molecule has 1 aliphatic carbocycles. The highest BCUT2D eigenvalue weighted by atomic mass is 15.1. The lowest BCUT2D eigenvalue weighted by molar-refractivity contribution is 0.376. The van der Waals surface area contributed by atoms with E-state index in [0.717, 1.165) is 18.5 Å². The molecule has 1 aliphatic rings. The number of rotatable bonds is 2. The fourth-order valence-corrected chi connectivity index (χ4v) is 2.69. The van der Waals surface area contributed by atoms with E-state index in [0.29, 0.717) is 5.96 Å². The van der Waals surface area contributed by atoms with E-state index in [1.54, 1.807) is 0 Å². The molecule has 1 aromatic rings. The highest BCUT2D eigenvalue weighted by Crippen LogP contribution is 2.28. The molecule has 3 nitrogen and oxygen atoms in total. The van der Waals surface area contributed by atoms with Crippen LogP contribution in [0.25, 0.3) is 0 Å². The van der Waals surface area contributed by atoms with Gasteiger partial charge in [-0.15, -0.1) is 6.42 Å². The van der Waals surface area contributed by atoms with Gasteiger partial charge < -0.3 is 11.1 Å². The van der Waals surface area contributed by atoms with E-state index in [2.05, 4.69) is 55.2 Å². The van der Waals surface area contributed by atoms with Gasteiger partial charge in [0.15, 0.2) is 5.96 Å². The summed E-state index contributed by atoms with van der Waals surface area (Å²) in [6, 6.07) is 6.10. The minimum absolute atomic E-state index is 0.100. The summed E-state index contributed by atoms with van der Waals surface area (Å²) in [5, 5.41) is 3.24. The maximum Gasteiger partial charge on any atom is 0.194 e. The van der Waals surface area contributed by atoms with Crippen LogP contribution >= 0.6 is 0 Å². The third-order valence-corrected chi connectivity index (χ3v) is 3.91. The summed E-state index contributed by atoms with van der Waals surface area (Å²) in [6.45, 7) is 6.20. The lowest BCUT2D eigenvalue weighted by Gasteiger charge is -2.24. The van der Waals surface area contributed by atoms with Crippen molar-refractivity contribution in [3.05, 3.63) is 29.3 Å². The van der Waals surface area contributed by atoms with Gasteiger partial charge in [-0.25, -0.2) is 4.99 Å². The summed E-state index contributed by atoms with van der Waals surface area (Å²) in [5.74, 6) is 3.11. The van der Waals surface area contributed by atoms with Crippen LogP contribution < -0.4 is 11.1 Å². The van der Waals surface area contributed by atoms with Gasteiger partial charge in [-0.3, -0.25) is 0 Å². The smallest absolute Gasteiger partial charge is 0.194 e. The molecule has 0 aliphatic heterocycles. The fourth-order valence-electron chi connectivity index (χ4n) is 2.69. The second kappa shape index (κ2) is 6.22. The van der Waals surface area contributed by atoms with Crippen LogP contribution in [0.2, 0.25) is 0 Å². The Hall–Kier alpha value is -1.95. The SMILES string of the molecule is C#CC(N=C(N)Nc1cccc2c1CCCC2)C(C)(C)C. The van der Waals surface area contributed by atoms with Crippen molar-refractivity contribution in [1.29, 1.82) is 0 Å². The molecule has 0 saturated carbocycles. The molecule has 3 N–H and O–H groups in total. The van der Waals surface area contributed by atoms with Gasteiger partial charge in [0.05, 0.1) is 0 Å². The van der Waals surface area contributed by atoms with E-state index in [1.807, 2.05) is 0 Å². The van der Waals surface area contributed by atoms with Crippen LogP contribution in [-0.2, 0) is 12.8 Å². The van der Waals surface area contributed by atoms with Gasteiger partial charge in [-0.1, -0.05) is 38.8 Å². The first-order valence-corrected chi connectivity index (χ1v) is 7.59. The molecule has 3 heteroatoms. The number of anilines is 1. The molecule has 2 rings (SSSR count). The van der Waals surface area contributed by atoms with Crippen molar-refractivity contribution in [3.63, 3.8) is 0 Å². The number of nitrogens with zero attached hydrogens (tertiary/aromatic N) is 1. The van der Waals surface area contributed by atoms with E-state index in [1.165, 1.54) is 24.0 Å². The van der Waals surface area contributed by atoms with Gasteiger partial charge in [0, 0.05) is 5.69 Å². The number of nitrogens with two attached hydrogens (primary N) is 1. The maximum atomic E-state index is 6.06. The molecule has 0 bridgehead atoms. The van der Waals surface area contributed by atoms with E-state index in [4.69, 9.17) is 12.2 Å². The van der Waals surface area contributed by atoms with E-state index in [-0.39, 0.29) is 11.5 Å². The highest BCUT2D eigenvalue weighted by molar-refractivity contribution is 5.93. The molecule has 0 amide bonds. The molecule has 21 heavy (non-hydrogen) atoms. The van der Waals surface area contributed by atoms with Crippen molar-refractivity contribution in [2.24, 2.45) is 16.1 Å². The van der Waals surface area contributed by atoms with Crippen LogP contribution in [0.15, 0.2) is 23.2 Å². The van der Waals surface area contributed by atoms with Crippen LogP contribution in [0.5, 0.6) is 0 Å². The van der Waals surface area contributed by atoms with Crippen LogP contribution in [0.1, 0.15) is 44.7 Å². The van der Waals surface area contributed by atoms with Gasteiger partial charge >= 0.3 is 0 Å². The zero-order chi connectivity index (χ0) is 15.5. The highest BCUT2D eigenvalue weighted by Gasteiger charge is 2.22. The molecule has 0 spiro atoms. The van der Waals surface area contributed by atoms with Gasteiger partial charge in [-0.2, -0.15) is 0 Å². The Morgan fingerprint density at radius 1 is 1.33 bits per heavy atom. The van der Waals surface area contributed by atoms with Gasteiger partial charge in [-0.05, 0) is 48.3 Å². The number of guanidine groups is 1. The Morgan fingerprint density at radius 2 is 2.05 bits per heavy atom. The molecule has 0 fully saturated rings. The molecule has 1 aromatic carbocycles. The summed E-state index contributed by atoms with van der Waals surface area (Å²) in [6.07, 6.45) is 10.3. The molecule has 1 atom stereocenters. The third kappa shape index (κ3) is 3.78. The number of fused-ring (bicyclic) bond motifs is 1. The molecule has 0 radical (unpaired) electrons. The van der Waals surface area contributed by atoms with Crippen LogP contribution in [0.4, 0.5) is 5.69 Å². The Morgan fingerprint density at radius 3 is 2.71 bits per heavy atom. The molecule has 112 valence electrons. The summed E-state index contributed by atoms with van der Waals surface area (Å²) < 4.78 is 0. The minimum Gasteiger partial charge on any atom is -0.370 e. The van der Waals surface area contributed by atoms with Gasteiger partial charge in [0.25, 0.3) is 0 Å². The summed E-state index contributed by atoms with van der Waals surface area (Å²) >= 11 is 0. The fraction of sp³-hybridized carbons (Fsp3) is 0.500. The number of nitrogens with one attached hydrogen (secondary N) is 1. The summed E-state index contributed by atoms with van der Waals surface area (Å²) in [4.78, 5) is 4.46. The first-order valence-electron chi connectivity index (χ1n) is 7.59. The average molecular weight is 283 g/mol. The Balaban J connectivity index is 2.20. The van der Waals surface area contributed by atoms with Crippen molar-refractivity contribution in [2.45, 2.75) is 52.5 Å². The monoisotopic (exact) mass is 283 g/mol. The van der Waals surface area contributed by atoms with Crippen molar-refractivity contribution in [3.8, 4) is 12.3 Å². The van der Waals surface area contributed by atoms with Gasteiger partial charge in [0.2, 0.25) is 0 Å². The van der Waals surface area contributed by atoms with Crippen molar-refractivity contribution < 1.29 is 0 Å². The lowest BCUT2D eigenvalue weighted by Crippen LogP contribution is -2.30. The molecule has 1 unspecified atom stereocenters. The third-order valence-electron chi connectivity index (χ3n) is 3.91. The normalized spacial score (nSPS) is 16.8. The zero-order valence-electron chi connectivity index (χ0n) is 13.2. The van der Waals surface area contributed by atoms with Gasteiger partial charge in [0.1, 0.15) is 6.04 Å². The summed E-state index contributed by atoms with van der Waals surface area (Å²) in [7, 11) is 0. The second-order valence-corrected chi connectivity index (χ2v) is 6.72. The maximum absolute atomic E-state index is 6.06. The molecular formula is C18H25N3. The molecule has 0 heterocycles. The average Bonchev–Trinajstić information content (AvgIpc) is 2.44. The molecule has 0 aromatic heterocycles. The number of benzene rings is 1. The predicted octanol–water partition coefficient (Wildman–Crippen LogP) is 3.34. The first-order chi connectivity index (χ1) is 9.91. The van der Waals surface area contributed by atoms with Crippen molar-refractivity contribution in [2.75, 3.05) is 5.32 Å². The second-order valence-electron chi connectivity index (χ2n) is 6.72. The van der Waals surface area contributed by atoms with Crippen molar-refractivity contribution >= 4 is 11.6 Å². The molecular weight excluding hydrogens is 258 g/mol. The minimum atomic E-state index is -0.232. The quantitative estimate of drug-likeness (QED) is 0.497. The predicted molar refractivity (Wildman–Crippen MR) is 90.4 cm³/mol. The number of aryl methyl sites for hydroxylation is 1. The van der Waals surface area contributed by atoms with Crippen LogP contribution in [0.3, 0.4) is 0 Å². The lowest BCUT2D eigenvalue weighted by atomic mass is 9.88. The van der Waals surface area contributed by atoms with E-state index < -0.39 is 0 Å². The van der Waals surface area contributed by atoms with Crippen molar-refractivity contribution in [1.82, 2.24) is 0 Å². The Kier molecular flexibility index (Phi) is 4.57. The Labute approximate surface area is 128 Å². The van der Waals surface area contributed by atoms with E-state index in [9.17, 15) is 0 Å². The zero-order valence-corrected chi connectivity index (χ0v) is 13.2. The first kappa shape index (κ1) is 15.4. The number of hydrogen-bond acceptors (Lipinski definition) is 1. The number of terminal acetylenes is 1. The number of aliphatic imine (C=N–C) groups is 1. The van der Waals surface area contributed by atoms with E-state index >= 15 is 0 Å². The number of hydrogen-bond donors (Lipinski definition) is 2. The largest absolute Gasteiger partial charge is 0.370 e. The Bertz CT molecular complexity index is 573. The summed E-state index contributed by atoms with van der Waals surface area (Å²) in [5.41, 5.74) is 9.81. The van der Waals surface area contributed by atoms with Crippen LogP contribution in [0, 0.1) is 17.8 Å². The van der Waals surface area contributed by atoms with Crippen LogP contribution in [-0.4, -0.2) is 12.0 Å². The standard InChI is InChI=1S/C18H25N3/c1-5-16(18(2,3)4)21-17(19)20-15-12-8-10-13-9-6-7-11-14(13)15/h1,8,10,12,16H,6-7,9,11H2,2-4H3,(H3,19,20,21). The topological polar surface area (TPSA) is 50.4 Å². The molecule has 0 saturated heterocycles.